The molecule has 1 fully saturated rings. The minimum absolute atomic E-state index is 0.0486. The fourth-order valence-electron chi connectivity index (χ4n) is 2.50. The Hall–Kier alpha value is -0.990. The van der Waals surface area contributed by atoms with Gasteiger partial charge in [0.05, 0.1) is 5.76 Å². The summed E-state index contributed by atoms with van der Waals surface area (Å²) in [5, 5.41) is 3.12. The van der Waals surface area contributed by atoms with Gasteiger partial charge in [-0.1, -0.05) is 19.3 Å². The zero-order chi connectivity index (χ0) is 11.6. The number of hydrogen-bond donors (Lipinski definition) is 1. The van der Waals surface area contributed by atoms with E-state index in [-0.39, 0.29) is 5.91 Å². The van der Waals surface area contributed by atoms with Gasteiger partial charge in [-0.05, 0) is 32.8 Å². The van der Waals surface area contributed by atoms with Gasteiger partial charge >= 0.3 is 0 Å². The summed E-state index contributed by atoms with van der Waals surface area (Å²) in [7, 11) is 0. The maximum Gasteiger partial charge on any atom is 0.264 e. The van der Waals surface area contributed by atoms with Crippen LogP contribution in [0.25, 0.3) is 0 Å². The zero-order valence-electron chi connectivity index (χ0n) is 10.2. The highest BCUT2D eigenvalue weighted by Crippen LogP contribution is 2.28. The van der Waals surface area contributed by atoms with Crippen molar-refractivity contribution < 1.29 is 9.53 Å². The van der Waals surface area contributed by atoms with Crippen molar-refractivity contribution in [3.05, 3.63) is 11.8 Å². The second-order valence-electron chi connectivity index (χ2n) is 5.16. The van der Waals surface area contributed by atoms with E-state index >= 15 is 0 Å². The van der Waals surface area contributed by atoms with E-state index in [0.29, 0.717) is 12.5 Å². The van der Waals surface area contributed by atoms with Crippen molar-refractivity contribution in [2.24, 2.45) is 0 Å². The highest BCUT2D eigenvalue weighted by atomic mass is 16.5. The largest absolute Gasteiger partial charge is 0.482 e. The van der Waals surface area contributed by atoms with E-state index in [4.69, 9.17) is 4.74 Å². The molecule has 1 saturated carbocycles. The summed E-state index contributed by atoms with van der Waals surface area (Å²) in [6, 6.07) is 0.364. The molecule has 0 radical (unpaired) electrons. The molecule has 2 aliphatic rings. The molecule has 3 heteroatoms. The van der Waals surface area contributed by atoms with Crippen LogP contribution in [0.2, 0.25) is 0 Å². The molecule has 1 unspecified atom stereocenters. The lowest BCUT2D eigenvalue weighted by Crippen LogP contribution is -2.48. The molecule has 0 aromatic heterocycles. The molecule has 0 saturated heterocycles. The number of hydrogen-bond acceptors (Lipinski definition) is 2. The van der Waals surface area contributed by atoms with Crippen molar-refractivity contribution >= 4 is 5.91 Å². The van der Waals surface area contributed by atoms with Gasteiger partial charge in [0.2, 0.25) is 0 Å². The Bertz CT molecular complexity index is 305. The average molecular weight is 223 g/mol. The van der Waals surface area contributed by atoms with Crippen LogP contribution in [0.4, 0.5) is 0 Å². The number of allylic oxidation sites excluding steroid dienone is 1. The molecular weight excluding hydrogens is 202 g/mol. The normalized spacial score (nSPS) is 30.8. The molecule has 0 spiro atoms. The average Bonchev–Trinajstić information content (AvgIpc) is 2.61. The molecule has 0 aromatic rings. The minimum atomic E-state index is -0.665. The van der Waals surface area contributed by atoms with Gasteiger partial charge in [0.25, 0.3) is 5.91 Å². The van der Waals surface area contributed by atoms with E-state index < -0.39 is 5.60 Å². The lowest BCUT2D eigenvalue weighted by atomic mass is 9.94. The quantitative estimate of drug-likeness (QED) is 0.781. The maximum atomic E-state index is 12.1. The van der Waals surface area contributed by atoms with Crippen molar-refractivity contribution in [3.8, 4) is 0 Å². The first-order valence-electron chi connectivity index (χ1n) is 6.27. The zero-order valence-corrected chi connectivity index (χ0v) is 10.2. The van der Waals surface area contributed by atoms with Crippen LogP contribution in [-0.2, 0) is 9.53 Å². The SMILES string of the molecule is CC1=CCC(C)(C(=O)NC2CCCCC2)O1. The molecular formula is C13H21NO2. The summed E-state index contributed by atoms with van der Waals surface area (Å²) < 4.78 is 5.60. The van der Waals surface area contributed by atoms with Crippen molar-refractivity contribution in [2.45, 2.75) is 64.0 Å². The molecule has 90 valence electrons. The van der Waals surface area contributed by atoms with Gasteiger partial charge in [0.1, 0.15) is 0 Å². The standard InChI is InChI=1S/C13H21NO2/c1-10-8-9-13(2,16-10)12(15)14-11-6-4-3-5-7-11/h8,11H,3-7,9H2,1-2H3,(H,14,15). The summed E-state index contributed by atoms with van der Waals surface area (Å²) in [5.74, 6) is 0.911. The number of amides is 1. The summed E-state index contributed by atoms with van der Waals surface area (Å²) >= 11 is 0. The second-order valence-corrected chi connectivity index (χ2v) is 5.16. The Kier molecular flexibility index (Phi) is 3.22. The molecule has 1 heterocycles. The number of carbonyl (C=O) groups is 1. The Balaban J connectivity index is 1.88. The lowest BCUT2D eigenvalue weighted by molar-refractivity contribution is -0.139. The monoisotopic (exact) mass is 223 g/mol. The van der Waals surface area contributed by atoms with E-state index in [2.05, 4.69) is 5.32 Å². The third-order valence-electron chi connectivity index (χ3n) is 3.59. The number of rotatable bonds is 2. The van der Waals surface area contributed by atoms with Gasteiger partial charge in [-0.15, -0.1) is 0 Å². The van der Waals surface area contributed by atoms with Crippen LogP contribution in [0, 0.1) is 0 Å². The van der Waals surface area contributed by atoms with E-state index in [9.17, 15) is 4.79 Å². The second kappa shape index (κ2) is 4.48. The Morgan fingerprint density at radius 2 is 2.12 bits per heavy atom. The summed E-state index contributed by atoms with van der Waals surface area (Å²) in [5.41, 5.74) is -0.665. The predicted octanol–water partition coefficient (Wildman–Crippen LogP) is 2.52. The van der Waals surface area contributed by atoms with Gasteiger partial charge in [-0.25, -0.2) is 0 Å². The highest BCUT2D eigenvalue weighted by molar-refractivity contribution is 5.85. The van der Waals surface area contributed by atoms with Crippen molar-refractivity contribution in [1.82, 2.24) is 5.32 Å². The van der Waals surface area contributed by atoms with Crippen LogP contribution in [-0.4, -0.2) is 17.6 Å². The Morgan fingerprint density at radius 3 is 2.69 bits per heavy atom. The van der Waals surface area contributed by atoms with Gasteiger partial charge in [0.15, 0.2) is 5.60 Å². The maximum absolute atomic E-state index is 12.1. The number of carbonyl (C=O) groups excluding carboxylic acids is 1. The van der Waals surface area contributed by atoms with Gasteiger partial charge in [-0.3, -0.25) is 4.79 Å². The molecule has 1 aliphatic carbocycles. The first kappa shape index (κ1) is 11.5. The molecule has 1 N–H and O–H groups in total. The summed E-state index contributed by atoms with van der Waals surface area (Å²) in [6.07, 6.45) is 8.70. The minimum Gasteiger partial charge on any atom is -0.482 e. The molecule has 1 atom stereocenters. The molecule has 0 aromatic carbocycles. The van der Waals surface area contributed by atoms with Crippen LogP contribution < -0.4 is 5.32 Å². The Morgan fingerprint density at radius 1 is 1.44 bits per heavy atom. The molecule has 16 heavy (non-hydrogen) atoms. The number of ether oxygens (including phenoxy) is 1. The van der Waals surface area contributed by atoms with E-state index in [0.717, 1.165) is 18.6 Å². The van der Waals surface area contributed by atoms with E-state index in [1.54, 1.807) is 0 Å². The van der Waals surface area contributed by atoms with Gasteiger partial charge < -0.3 is 10.1 Å². The van der Waals surface area contributed by atoms with Gasteiger partial charge in [0, 0.05) is 12.5 Å². The van der Waals surface area contributed by atoms with Crippen LogP contribution in [0.15, 0.2) is 11.8 Å². The molecule has 0 bridgehead atoms. The lowest BCUT2D eigenvalue weighted by Gasteiger charge is -2.29. The van der Waals surface area contributed by atoms with Crippen LogP contribution in [0.5, 0.6) is 0 Å². The Labute approximate surface area is 97.2 Å². The predicted molar refractivity (Wildman–Crippen MR) is 62.9 cm³/mol. The van der Waals surface area contributed by atoms with Gasteiger partial charge in [-0.2, -0.15) is 0 Å². The topological polar surface area (TPSA) is 38.3 Å². The third-order valence-corrected chi connectivity index (χ3v) is 3.59. The molecule has 1 amide bonds. The molecule has 3 nitrogen and oxygen atoms in total. The van der Waals surface area contributed by atoms with Crippen molar-refractivity contribution in [3.63, 3.8) is 0 Å². The first-order valence-corrected chi connectivity index (χ1v) is 6.27. The summed E-state index contributed by atoms with van der Waals surface area (Å²) in [6.45, 7) is 3.78. The van der Waals surface area contributed by atoms with Crippen LogP contribution in [0.3, 0.4) is 0 Å². The van der Waals surface area contributed by atoms with Crippen molar-refractivity contribution in [2.75, 3.05) is 0 Å². The smallest absolute Gasteiger partial charge is 0.264 e. The molecule has 1 aliphatic heterocycles. The van der Waals surface area contributed by atoms with E-state index in [1.807, 2.05) is 19.9 Å². The molecule has 2 rings (SSSR count). The van der Waals surface area contributed by atoms with Crippen LogP contribution >= 0.6 is 0 Å². The fourth-order valence-corrected chi connectivity index (χ4v) is 2.50. The third kappa shape index (κ3) is 2.39. The van der Waals surface area contributed by atoms with Crippen LogP contribution in [0.1, 0.15) is 52.4 Å². The highest BCUT2D eigenvalue weighted by Gasteiger charge is 2.39. The first-order chi connectivity index (χ1) is 7.60. The van der Waals surface area contributed by atoms with Crippen molar-refractivity contribution in [1.29, 1.82) is 0 Å². The van der Waals surface area contributed by atoms with E-state index in [1.165, 1.54) is 19.3 Å². The fraction of sp³-hybridized carbons (Fsp3) is 0.769. The summed E-state index contributed by atoms with van der Waals surface area (Å²) in [4.78, 5) is 12.1. The number of nitrogens with one attached hydrogen (secondary N) is 1.